The molecule has 1 aromatic heterocycles. The molecule has 3 heteroatoms. The molecule has 0 saturated carbocycles. The number of unbranched alkanes of at least 4 members (excludes halogenated alkanes) is 9. The topological polar surface area (TPSA) is 50.4 Å². The Hall–Kier alpha value is -1.25. The molecule has 0 spiro atoms. The highest BCUT2D eigenvalue weighted by Crippen LogP contribution is 2.19. The second kappa shape index (κ2) is 13.1. The van der Waals surface area contributed by atoms with Crippen molar-refractivity contribution in [2.75, 3.05) is 0 Å². The number of carbonyl (C=O) groups is 1. The minimum Gasteiger partial charge on any atom is -0.481 e. The summed E-state index contributed by atoms with van der Waals surface area (Å²) >= 11 is 0. The molecule has 1 aromatic rings. The van der Waals surface area contributed by atoms with E-state index in [4.69, 9.17) is 9.52 Å². The molecule has 1 heterocycles. The van der Waals surface area contributed by atoms with E-state index < -0.39 is 5.97 Å². The lowest BCUT2D eigenvalue weighted by atomic mass is 10.0. The number of aliphatic carboxylic acids is 1. The first kappa shape index (κ1) is 20.8. The minimum absolute atomic E-state index is 0.328. The van der Waals surface area contributed by atoms with Gasteiger partial charge in [0.25, 0.3) is 0 Å². The van der Waals surface area contributed by atoms with Crippen molar-refractivity contribution in [3.63, 3.8) is 0 Å². The summed E-state index contributed by atoms with van der Waals surface area (Å²) < 4.78 is 5.92. The molecule has 0 aliphatic rings. The van der Waals surface area contributed by atoms with Crippen LogP contribution >= 0.6 is 0 Å². The second-order valence-electron chi connectivity index (χ2n) is 7.00. The van der Waals surface area contributed by atoms with Gasteiger partial charge in [-0.15, -0.1) is 0 Å². The van der Waals surface area contributed by atoms with Crippen LogP contribution in [0.15, 0.2) is 10.5 Å². The fourth-order valence-corrected chi connectivity index (χ4v) is 3.18. The van der Waals surface area contributed by atoms with E-state index in [1.165, 1.54) is 62.7 Å². The van der Waals surface area contributed by atoms with E-state index in [0.717, 1.165) is 37.9 Å². The molecule has 0 unspecified atom stereocenters. The molecule has 1 N–H and O–H groups in total. The molecule has 0 amide bonds. The Kier molecular flexibility index (Phi) is 11.3. The third kappa shape index (κ3) is 9.79. The van der Waals surface area contributed by atoms with E-state index in [9.17, 15) is 4.79 Å². The van der Waals surface area contributed by atoms with Crippen molar-refractivity contribution in [1.82, 2.24) is 0 Å². The molecular weight excluding hydrogens is 300 g/mol. The minimum atomic E-state index is -0.665. The van der Waals surface area contributed by atoms with Crippen LogP contribution in [0.2, 0.25) is 0 Å². The molecule has 24 heavy (non-hydrogen) atoms. The Balaban J connectivity index is 1.91. The van der Waals surface area contributed by atoms with Gasteiger partial charge in [0.2, 0.25) is 0 Å². The maximum Gasteiger partial charge on any atom is 0.303 e. The van der Waals surface area contributed by atoms with Crippen LogP contribution in [0, 0.1) is 6.92 Å². The third-order valence-electron chi connectivity index (χ3n) is 4.61. The van der Waals surface area contributed by atoms with Gasteiger partial charge >= 0.3 is 5.97 Å². The van der Waals surface area contributed by atoms with E-state index in [-0.39, 0.29) is 0 Å². The van der Waals surface area contributed by atoms with Gasteiger partial charge in [0.15, 0.2) is 0 Å². The Morgan fingerprint density at radius 2 is 1.46 bits per heavy atom. The third-order valence-corrected chi connectivity index (χ3v) is 4.61. The van der Waals surface area contributed by atoms with Gasteiger partial charge in [0.05, 0.1) is 0 Å². The van der Waals surface area contributed by atoms with E-state index in [1.54, 1.807) is 0 Å². The molecule has 3 nitrogen and oxygen atoms in total. The van der Waals surface area contributed by atoms with Gasteiger partial charge in [-0.25, -0.2) is 0 Å². The van der Waals surface area contributed by atoms with Gasteiger partial charge < -0.3 is 9.52 Å². The van der Waals surface area contributed by atoms with Crippen LogP contribution < -0.4 is 0 Å². The number of carboxylic acids is 1. The molecule has 0 aliphatic carbocycles. The predicted molar refractivity (Wildman–Crippen MR) is 99.6 cm³/mol. The summed E-state index contributed by atoms with van der Waals surface area (Å²) in [6.07, 6.45) is 15.7. The number of hydrogen-bond acceptors (Lipinski definition) is 2. The molecule has 0 saturated heterocycles. The first-order valence-corrected chi connectivity index (χ1v) is 9.93. The standard InChI is InChI=1S/C21H36O3/c1-3-14-19-17-18(2)20(24-19)15-12-10-8-6-4-5-7-9-11-13-16-21(22)23/h17H,3-16H2,1-2H3,(H,22,23). The summed E-state index contributed by atoms with van der Waals surface area (Å²) in [7, 11) is 0. The number of carboxylic acid groups (broad SMARTS) is 1. The van der Waals surface area contributed by atoms with Crippen molar-refractivity contribution in [2.45, 2.75) is 104 Å². The summed E-state index contributed by atoms with van der Waals surface area (Å²) in [6.45, 7) is 4.35. The quantitative estimate of drug-likeness (QED) is 0.374. The summed E-state index contributed by atoms with van der Waals surface area (Å²) in [5.41, 5.74) is 1.32. The Morgan fingerprint density at radius 3 is 2.00 bits per heavy atom. The SMILES string of the molecule is CCCc1cc(C)c(CCCCCCCCCCCCC(=O)O)o1. The molecule has 0 fully saturated rings. The Labute approximate surface area is 147 Å². The molecule has 0 aromatic carbocycles. The van der Waals surface area contributed by atoms with Gasteiger partial charge in [0.1, 0.15) is 11.5 Å². The second-order valence-corrected chi connectivity index (χ2v) is 7.00. The lowest BCUT2D eigenvalue weighted by Gasteiger charge is -2.03. The number of rotatable bonds is 15. The van der Waals surface area contributed by atoms with Crippen molar-refractivity contribution >= 4 is 5.97 Å². The van der Waals surface area contributed by atoms with Crippen molar-refractivity contribution in [2.24, 2.45) is 0 Å². The fourth-order valence-electron chi connectivity index (χ4n) is 3.18. The predicted octanol–water partition coefficient (Wildman–Crippen LogP) is 6.46. The largest absolute Gasteiger partial charge is 0.481 e. The molecule has 0 radical (unpaired) electrons. The lowest BCUT2D eigenvalue weighted by molar-refractivity contribution is -0.137. The highest BCUT2D eigenvalue weighted by molar-refractivity contribution is 5.66. The van der Waals surface area contributed by atoms with Gasteiger partial charge in [-0.1, -0.05) is 58.3 Å². The van der Waals surface area contributed by atoms with E-state index in [1.807, 2.05) is 0 Å². The Bertz CT molecular complexity index is 448. The van der Waals surface area contributed by atoms with Crippen LogP contribution in [0.3, 0.4) is 0 Å². The monoisotopic (exact) mass is 336 g/mol. The van der Waals surface area contributed by atoms with Crippen LogP contribution in [0.25, 0.3) is 0 Å². The highest BCUT2D eigenvalue weighted by atomic mass is 16.4. The van der Waals surface area contributed by atoms with Gasteiger partial charge in [0, 0.05) is 19.3 Å². The van der Waals surface area contributed by atoms with Crippen molar-refractivity contribution in [1.29, 1.82) is 0 Å². The van der Waals surface area contributed by atoms with Gasteiger partial charge in [-0.2, -0.15) is 0 Å². The zero-order chi connectivity index (χ0) is 17.6. The summed E-state index contributed by atoms with van der Waals surface area (Å²) in [5.74, 6) is 1.68. The van der Waals surface area contributed by atoms with Gasteiger partial charge in [-0.3, -0.25) is 4.79 Å². The first-order chi connectivity index (χ1) is 11.6. The zero-order valence-corrected chi connectivity index (χ0v) is 15.7. The van der Waals surface area contributed by atoms with Crippen LogP contribution in [0.4, 0.5) is 0 Å². The van der Waals surface area contributed by atoms with Crippen LogP contribution in [0.5, 0.6) is 0 Å². The van der Waals surface area contributed by atoms with Crippen molar-refractivity contribution in [3.8, 4) is 0 Å². The van der Waals surface area contributed by atoms with Crippen LogP contribution in [-0.2, 0) is 17.6 Å². The Morgan fingerprint density at radius 1 is 0.917 bits per heavy atom. The molecule has 138 valence electrons. The van der Waals surface area contributed by atoms with Crippen LogP contribution in [-0.4, -0.2) is 11.1 Å². The number of hydrogen-bond donors (Lipinski definition) is 1. The van der Waals surface area contributed by atoms with E-state index in [0.29, 0.717) is 6.42 Å². The van der Waals surface area contributed by atoms with Crippen molar-refractivity contribution in [3.05, 3.63) is 23.2 Å². The smallest absolute Gasteiger partial charge is 0.303 e. The number of aryl methyl sites for hydroxylation is 3. The van der Waals surface area contributed by atoms with Crippen LogP contribution in [0.1, 0.15) is 101 Å². The molecule has 1 rings (SSSR count). The maximum absolute atomic E-state index is 10.4. The molecule has 0 atom stereocenters. The first-order valence-electron chi connectivity index (χ1n) is 9.93. The number of furan rings is 1. The summed E-state index contributed by atoms with van der Waals surface area (Å²) in [6, 6.07) is 2.20. The lowest BCUT2D eigenvalue weighted by Crippen LogP contribution is -1.93. The normalized spacial score (nSPS) is 11.1. The fraction of sp³-hybridized carbons (Fsp3) is 0.762. The van der Waals surface area contributed by atoms with E-state index in [2.05, 4.69) is 19.9 Å². The average molecular weight is 337 g/mol. The van der Waals surface area contributed by atoms with Crippen molar-refractivity contribution < 1.29 is 14.3 Å². The summed E-state index contributed by atoms with van der Waals surface area (Å²) in [4.78, 5) is 10.4. The molecule has 0 aliphatic heterocycles. The van der Waals surface area contributed by atoms with Gasteiger partial charge in [-0.05, 0) is 37.8 Å². The average Bonchev–Trinajstić information content (AvgIpc) is 2.88. The highest BCUT2D eigenvalue weighted by Gasteiger charge is 2.06. The van der Waals surface area contributed by atoms with E-state index >= 15 is 0 Å². The zero-order valence-electron chi connectivity index (χ0n) is 15.7. The summed E-state index contributed by atoms with van der Waals surface area (Å²) in [5, 5.41) is 8.56. The maximum atomic E-state index is 10.4. The molecular formula is C21H36O3. The molecule has 0 bridgehead atoms.